The Balaban J connectivity index is 3.93. The molecular weight excluding hydrogens is 416 g/mol. The third kappa shape index (κ3) is 21.8. The van der Waals surface area contributed by atoms with Crippen LogP contribution in [0.3, 0.4) is 0 Å². The molecule has 0 bridgehead atoms. The van der Waals surface area contributed by atoms with Crippen molar-refractivity contribution in [2.24, 2.45) is 17.2 Å². The first-order valence-electron chi connectivity index (χ1n) is 13.3. The van der Waals surface area contributed by atoms with Gasteiger partial charge in [-0.3, -0.25) is 9.80 Å². The fourth-order valence-corrected chi connectivity index (χ4v) is 3.67. The molecular formula is C23H58N10. The average molecular weight is 475 g/mol. The number of nitrogens with two attached hydrogens (primary N) is 3. The highest BCUT2D eigenvalue weighted by molar-refractivity contribution is 4.66. The molecule has 0 heterocycles. The van der Waals surface area contributed by atoms with Crippen LogP contribution >= 0.6 is 0 Å². The lowest BCUT2D eigenvalue weighted by Crippen LogP contribution is -2.43. The predicted molar refractivity (Wildman–Crippen MR) is 144 cm³/mol. The SMILES string of the molecule is CCCNCCN(CCNCCN)CCNCCN(CC)CCNCCN(CCN)CCN. The Morgan fingerprint density at radius 3 is 1.15 bits per heavy atom. The Morgan fingerprint density at radius 1 is 0.424 bits per heavy atom. The molecule has 33 heavy (non-hydrogen) atoms. The smallest absolute Gasteiger partial charge is 0.0108 e. The first-order chi connectivity index (χ1) is 16.2. The van der Waals surface area contributed by atoms with Crippen LogP contribution < -0.4 is 38.5 Å². The van der Waals surface area contributed by atoms with Gasteiger partial charge in [-0.25, -0.2) is 0 Å². The maximum Gasteiger partial charge on any atom is 0.0108 e. The molecule has 0 rings (SSSR count). The summed E-state index contributed by atoms with van der Waals surface area (Å²) in [7, 11) is 0. The highest BCUT2D eigenvalue weighted by Gasteiger charge is 2.06. The zero-order valence-electron chi connectivity index (χ0n) is 21.9. The van der Waals surface area contributed by atoms with Crippen LogP contribution in [0, 0.1) is 0 Å². The van der Waals surface area contributed by atoms with Gasteiger partial charge in [0.25, 0.3) is 0 Å². The Morgan fingerprint density at radius 2 is 0.788 bits per heavy atom. The summed E-state index contributed by atoms with van der Waals surface area (Å²) in [6.07, 6.45) is 1.18. The van der Waals surface area contributed by atoms with Gasteiger partial charge in [0.2, 0.25) is 0 Å². The van der Waals surface area contributed by atoms with Crippen molar-refractivity contribution in [3.8, 4) is 0 Å². The van der Waals surface area contributed by atoms with Crippen molar-refractivity contribution in [1.29, 1.82) is 0 Å². The van der Waals surface area contributed by atoms with Crippen LogP contribution in [0.1, 0.15) is 20.3 Å². The molecule has 0 aromatic heterocycles. The van der Waals surface area contributed by atoms with E-state index in [2.05, 4.69) is 49.8 Å². The largest absolute Gasteiger partial charge is 0.329 e. The topological polar surface area (TPSA) is 136 Å². The van der Waals surface area contributed by atoms with E-state index in [1.165, 1.54) is 6.42 Å². The zero-order chi connectivity index (χ0) is 24.4. The zero-order valence-corrected chi connectivity index (χ0v) is 21.9. The number of nitrogens with zero attached hydrogens (tertiary/aromatic N) is 3. The van der Waals surface area contributed by atoms with E-state index in [-0.39, 0.29) is 0 Å². The highest BCUT2D eigenvalue weighted by atomic mass is 15.2. The Kier molecular flexibility index (Phi) is 25.9. The molecule has 10 nitrogen and oxygen atoms in total. The minimum absolute atomic E-state index is 0.690. The van der Waals surface area contributed by atoms with E-state index in [1.54, 1.807) is 0 Å². The molecule has 0 spiro atoms. The van der Waals surface area contributed by atoms with Crippen molar-refractivity contribution in [3.63, 3.8) is 0 Å². The van der Waals surface area contributed by atoms with E-state index in [1.807, 2.05) is 0 Å². The van der Waals surface area contributed by atoms with Gasteiger partial charge in [-0.05, 0) is 19.5 Å². The van der Waals surface area contributed by atoms with Gasteiger partial charge in [0.15, 0.2) is 0 Å². The van der Waals surface area contributed by atoms with E-state index >= 15 is 0 Å². The maximum absolute atomic E-state index is 5.67. The number of likely N-dealkylation sites (N-methyl/N-ethyl adjacent to an activating group) is 1. The van der Waals surface area contributed by atoms with Gasteiger partial charge in [0, 0.05) is 118 Å². The van der Waals surface area contributed by atoms with Crippen LogP contribution in [-0.4, -0.2) is 146 Å². The summed E-state index contributed by atoms with van der Waals surface area (Å²) in [4.78, 5) is 7.35. The van der Waals surface area contributed by atoms with E-state index in [9.17, 15) is 0 Å². The van der Waals surface area contributed by atoms with Gasteiger partial charge < -0.3 is 43.4 Å². The number of nitrogens with one attached hydrogen (secondary N) is 4. The van der Waals surface area contributed by atoms with Crippen molar-refractivity contribution < 1.29 is 0 Å². The number of rotatable bonds is 27. The van der Waals surface area contributed by atoms with Crippen molar-refractivity contribution >= 4 is 0 Å². The summed E-state index contributed by atoms with van der Waals surface area (Å²) >= 11 is 0. The van der Waals surface area contributed by atoms with Gasteiger partial charge >= 0.3 is 0 Å². The average Bonchev–Trinajstić information content (AvgIpc) is 2.82. The molecule has 0 aromatic carbocycles. The molecule has 10 N–H and O–H groups in total. The minimum atomic E-state index is 0.690. The predicted octanol–water partition coefficient (Wildman–Crippen LogP) is -2.44. The Bertz CT molecular complexity index is 357. The lowest BCUT2D eigenvalue weighted by atomic mass is 10.4. The summed E-state index contributed by atoms with van der Waals surface area (Å²) in [6, 6.07) is 0. The Hall–Kier alpha value is -0.400. The third-order valence-electron chi connectivity index (χ3n) is 5.71. The molecule has 0 aromatic rings. The van der Waals surface area contributed by atoms with Crippen LogP contribution in [0.2, 0.25) is 0 Å². The molecule has 0 fully saturated rings. The number of hydrogen-bond acceptors (Lipinski definition) is 10. The molecule has 10 heteroatoms. The second kappa shape index (κ2) is 26.2. The van der Waals surface area contributed by atoms with Crippen molar-refractivity contribution in [2.45, 2.75) is 20.3 Å². The standard InChI is InChI=1S/C23H58N10/c1-3-8-27-12-21-33(22-13-28-9-5-24)23-15-30-11-19-31(4-2)18-10-29-14-20-32(16-6-25)17-7-26/h27-30H,3-26H2,1-2H3. The molecule has 0 radical (unpaired) electrons. The van der Waals surface area contributed by atoms with Crippen LogP contribution in [0.4, 0.5) is 0 Å². The molecule has 0 saturated heterocycles. The molecule has 0 aliphatic carbocycles. The molecule has 0 aliphatic heterocycles. The van der Waals surface area contributed by atoms with Crippen LogP contribution in [0.25, 0.3) is 0 Å². The summed E-state index contributed by atoms with van der Waals surface area (Å²) < 4.78 is 0. The van der Waals surface area contributed by atoms with Crippen LogP contribution in [0.15, 0.2) is 0 Å². The van der Waals surface area contributed by atoms with E-state index in [0.717, 1.165) is 111 Å². The third-order valence-corrected chi connectivity index (χ3v) is 5.71. The van der Waals surface area contributed by atoms with Crippen molar-refractivity contribution in [3.05, 3.63) is 0 Å². The first-order valence-corrected chi connectivity index (χ1v) is 13.3. The fraction of sp³-hybridized carbons (Fsp3) is 1.00. The number of hydrogen-bond donors (Lipinski definition) is 7. The van der Waals surface area contributed by atoms with E-state index in [0.29, 0.717) is 19.6 Å². The monoisotopic (exact) mass is 474 g/mol. The van der Waals surface area contributed by atoms with Gasteiger partial charge in [0.05, 0.1) is 0 Å². The molecule has 0 saturated carbocycles. The fourth-order valence-electron chi connectivity index (χ4n) is 3.67. The van der Waals surface area contributed by atoms with Crippen molar-refractivity contribution in [2.75, 3.05) is 131 Å². The van der Waals surface area contributed by atoms with Gasteiger partial charge in [-0.15, -0.1) is 0 Å². The summed E-state index contributed by atoms with van der Waals surface area (Å²) in [6.45, 7) is 23.9. The van der Waals surface area contributed by atoms with Gasteiger partial charge in [0.1, 0.15) is 0 Å². The molecule has 0 unspecified atom stereocenters. The molecule has 0 atom stereocenters. The second-order valence-corrected chi connectivity index (χ2v) is 8.48. The normalized spacial score (nSPS) is 12.0. The first kappa shape index (κ1) is 32.6. The lowest BCUT2D eigenvalue weighted by molar-refractivity contribution is 0.258. The van der Waals surface area contributed by atoms with E-state index in [4.69, 9.17) is 17.2 Å². The van der Waals surface area contributed by atoms with Gasteiger partial charge in [-0.2, -0.15) is 0 Å². The minimum Gasteiger partial charge on any atom is -0.329 e. The highest BCUT2D eigenvalue weighted by Crippen LogP contribution is 1.89. The van der Waals surface area contributed by atoms with E-state index < -0.39 is 0 Å². The van der Waals surface area contributed by atoms with Crippen LogP contribution in [0.5, 0.6) is 0 Å². The maximum atomic E-state index is 5.67. The summed E-state index contributed by atoms with van der Waals surface area (Å²) in [5, 5.41) is 14.1. The lowest BCUT2D eigenvalue weighted by Gasteiger charge is -2.24. The van der Waals surface area contributed by atoms with Crippen molar-refractivity contribution in [1.82, 2.24) is 36.0 Å². The quantitative estimate of drug-likeness (QED) is 0.0643. The van der Waals surface area contributed by atoms with Gasteiger partial charge in [-0.1, -0.05) is 13.8 Å². The summed E-state index contributed by atoms with van der Waals surface area (Å²) in [5.41, 5.74) is 16.9. The molecule has 0 amide bonds. The molecule has 200 valence electrons. The molecule has 0 aliphatic rings. The Labute approximate surface area is 204 Å². The second-order valence-electron chi connectivity index (χ2n) is 8.48. The van der Waals surface area contributed by atoms with Crippen LogP contribution in [-0.2, 0) is 0 Å². The summed E-state index contributed by atoms with van der Waals surface area (Å²) in [5.74, 6) is 0.